The number of nitro groups is 1. The summed E-state index contributed by atoms with van der Waals surface area (Å²) in [7, 11) is 2.94. The Morgan fingerprint density at radius 1 is 1.67 bits per heavy atom. The minimum absolute atomic E-state index is 0.0132. The average molecular weight is 318 g/mol. The molecule has 0 amide bonds. The van der Waals surface area contributed by atoms with E-state index in [2.05, 4.69) is 25.7 Å². The van der Waals surface area contributed by atoms with Crippen molar-refractivity contribution in [1.82, 2.24) is 4.98 Å². The minimum atomic E-state index is -0.503. The van der Waals surface area contributed by atoms with Crippen LogP contribution in [0.4, 0.5) is 11.5 Å². The Bertz CT molecular complexity index is 492. The summed E-state index contributed by atoms with van der Waals surface area (Å²) in [5.41, 5.74) is 0.388. The van der Waals surface area contributed by atoms with Crippen LogP contribution in [0, 0.1) is 17.0 Å². The number of halogens is 1. The Labute approximate surface area is 112 Å². The number of pyridine rings is 1. The summed E-state index contributed by atoms with van der Waals surface area (Å²) in [4.78, 5) is 26.9. The van der Waals surface area contributed by atoms with Crippen LogP contribution in [0.1, 0.15) is 5.56 Å². The van der Waals surface area contributed by atoms with Gasteiger partial charge in [0.1, 0.15) is 18.6 Å². The number of carbonyl (C=O) groups excluding carboxylic acids is 1. The molecule has 0 N–H and O–H groups in total. The lowest BCUT2D eigenvalue weighted by atomic mass is 10.2. The summed E-state index contributed by atoms with van der Waals surface area (Å²) in [6.07, 6.45) is 1.17. The zero-order chi connectivity index (χ0) is 13.9. The van der Waals surface area contributed by atoms with E-state index in [9.17, 15) is 14.9 Å². The van der Waals surface area contributed by atoms with Gasteiger partial charge >= 0.3 is 5.97 Å². The maximum atomic E-state index is 11.2. The Balaban J connectivity index is 3.08. The SMILES string of the molecule is COC(=O)CN(C)c1ncc([N+](=O)[O-])c(C)c1Br. The van der Waals surface area contributed by atoms with Gasteiger partial charge in [0, 0.05) is 12.6 Å². The second-order valence-corrected chi connectivity index (χ2v) is 4.39. The first-order valence-corrected chi connectivity index (χ1v) is 5.75. The van der Waals surface area contributed by atoms with E-state index >= 15 is 0 Å². The van der Waals surface area contributed by atoms with E-state index in [1.165, 1.54) is 13.3 Å². The number of likely N-dealkylation sites (N-methyl/N-ethyl adjacent to an activating group) is 1. The van der Waals surface area contributed by atoms with Crippen LogP contribution in [0.5, 0.6) is 0 Å². The standard InChI is InChI=1S/C10H12BrN3O4/c1-6-7(14(16)17)4-12-10(9(6)11)13(2)5-8(15)18-3/h4H,5H2,1-3H3. The van der Waals surface area contributed by atoms with Crippen LogP contribution in [0.2, 0.25) is 0 Å². The molecule has 1 aromatic rings. The van der Waals surface area contributed by atoms with Gasteiger partial charge in [0.05, 0.1) is 16.5 Å². The molecule has 1 heterocycles. The molecule has 0 unspecified atom stereocenters. The third-order valence-electron chi connectivity index (χ3n) is 2.37. The molecule has 0 fully saturated rings. The van der Waals surface area contributed by atoms with E-state index < -0.39 is 10.9 Å². The number of esters is 1. The Kier molecular flexibility index (Phi) is 4.60. The summed E-state index contributed by atoms with van der Waals surface area (Å²) in [6, 6.07) is 0. The van der Waals surface area contributed by atoms with Gasteiger partial charge < -0.3 is 9.64 Å². The Hall–Kier alpha value is -1.70. The first-order valence-electron chi connectivity index (χ1n) is 4.96. The molecule has 98 valence electrons. The molecule has 0 aliphatic rings. The van der Waals surface area contributed by atoms with E-state index in [4.69, 9.17) is 0 Å². The van der Waals surface area contributed by atoms with Crippen LogP contribution in [0.3, 0.4) is 0 Å². The molecule has 1 rings (SSSR count). The van der Waals surface area contributed by atoms with E-state index in [0.717, 1.165) is 0 Å². The highest BCUT2D eigenvalue weighted by molar-refractivity contribution is 9.10. The quantitative estimate of drug-likeness (QED) is 0.477. The Morgan fingerprint density at radius 2 is 2.28 bits per heavy atom. The topological polar surface area (TPSA) is 85.6 Å². The number of hydrogen-bond donors (Lipinski definition) is 0. The number of hydrogen-bond acceptors (Lipinski definition) is 6. The van der Waals surface area contributed by atoms with E-state index in [1.54, 1.807) is 18.9 Å². The number of aromatic nitrogens is 1. The van der Waals surface area contributed by atoms with Crippen LogP contribution in [0.15, 0.2) is 10.7 Å². The maximum absolute atomic E-state index is 11.2. The molecule has 1 aromatic heterocycles. The van der Waals surface area contributed by atoms with Gasteiger partial charge in [-0.25, -0.2) is 4.98 Å². The van der Waals surface area contributed by atoms with E-state index in [0.29, 0.717) is 15.9 Å². The zero-order valence-corrected chi connectivity index (χ0v) is 11.7. The highest BCUT2D eigenvalue weighted by atomic mass is 79.9. The second-order valence-electron chi connectivity index (χ2n) is 3.60. The highest BCUT2D eigenvalue weighted by Gasteiger charge is 2.20. The van der Waals surface area contributed by atoms with Crippen molar-refractivity contribution in [2.75, 3.05) is 25.6 Å². The highest BCUT2D eigenvalue weighted by Crippen LogP contribution is 2.32. The van der Waals surface area contributed by atoms with Crippen LogP contribution >= 0.6 is 15.9 Å². The third kappa shape index (κ3) is 2.95. The molecule has 0 saturated carbocycles. The summed E-state index contributed by atoms with van der Waals surface area (Å²) >= 11 is 3.25. The minimum Gasteiger partial charge on any atom is -0.468 e. The van der Waals surface area contributed by atoms with Gasteiger partial charge in [-0.05, 0) is 22.9 Å². The monoisotopic (exact) mass is 317 g/mol. The molecule has 7 nitrogen and oxygen atoms in total. The third-order valence-corrected chi connectivity index (χ3v) is 3.32. The predicted octanol–water partition coefficient (Wildman–Crippen LogP) is 1.67. The molecule has 8 heteroatoms. The average Bonchev–Trinajstić information content (AvgIpc) is 2.31. The molecule has 0 aliphatic carbocycles. The van der Waals surface area contributed by atoms with Gasteiger partial charge in [0.25, 0.3) is 5.69 Å². The molecular formula is C10H12BrN3O4. The lowest BCUT2D eigenvalue weighted by molar-refractivity contribution is -0.385. The van der Waals surface area contributed by atoms with Crippen molar-refractivity contribution < 1.29 is 14.5 Å². The second kappa shape index (κ2) is 5.76. The van der Waals surface area contributed by atoms with Crippen LogP contribution in [0.25, 0.3) is 0 Å². The largest absolute Gasteiger partial charge is 0.468 e. The number of methoxy groups -OCH3 is 1. The first kappa shape index (κ1) is 14.4. The van der Waals surface area contributed by atoms with Gasteiger partial charge in [-0.15, -0.1) is 0 Å². The molecule has 0 aromatic carbocycles. The summed E-state index contributed by atoms with van der Waals surface area (Å²) in [5, 5.41) is 10.7. The predicted molar refractivity (Wildman–Crippen MR) is 68.6 cm³/mol. The molecule has 0 bridgehead atoms. The smallest absolute Gasteiger partial charge is 0.325 e. The summed E-state index contributed by atoms with van der Waals surface area (Å²) < 4.78 is 5.03. The number of nitrogens with zero attached hydrogens (tertiary/aromatic N) is 3. The van der Waals surface area contributed by atoms with Crippen molar-refractivity contribution in [3.8, 4) is 0 Å². The van der Waals surface area contributed by atoms with Crippen LogP contribution in [-0.2, 0) is 9.53 Å². The number of anilines is 1. The van der Waals surface area contributed by atoms with Crippen molar-refractivity contribution in [3.05, 3.63) is 26.3 Å². The number of ether oxygens (including phenoxy) is 1. The normalized spacial score (nSPS) is 10.0. The van der Waals surface area contributed by atoms with Crippen molar-refractivity contribution in [2.24, 2.45) is 0 Å². The molecule has 0 spiro atoms. The van der Waals surface area contributed by atoms with Crippen molar-refractivity contribution >= 4 is 33.4 Å². The lowest BCUT2D eigenvalue weighted by Gasteiger charge is -2.18. The van der Waals surface area contributed by atoms with Crippen molar-refractivity contribution in [2.45, 2.75) is 6.92 Å². The number of carbonyl (C=O) groups is 1. The fraction of sp³-hybridized carbons (Fsp3) is 0.400. The van der Waals surface area contributed by atoms with Crippen molar-refractivity contribution in [3.63, 3.8) is 0 Å². The zero-order valence-electron chi connectivity index (χ0n) is 10.1. The Morgan fingerprint density at radius 3 is 2.78 bits per heavy atom. The van der Waals surface area contributed by atoms with Crippen LogP contribution in [-0.4, -0.2) is 36.6 Å². The van der Waals surface area contributed by atoms with Gasteiger partial charge in [0.15, 0.2) is 0 Å². The molecule has 0 saturated heterocycles. The van der Waals surface area contributed by atoms with Gasteiger partial charge in [0.2, 0.25) is 0 Å². The van der Waals surface area contributed by atoms with E-state index in [-0.39, 0.29) is 12.2 Å². The maximum Gasteiger partial charge on any atom is 0.325 e. The van der Waals surface area contributed by atoms with E-state index in [1.807, 2.05) is 0 Å². The lowest BCUT2D eigenvalue weighted by Crippen LogP contribution is -2.27. The summed E-state index contributed by atoms with van der Waals surface area (Å²) in [5.74, 6) is 0.0331. The molecular weight excluding hydrogens is 306 g/mol. The summed E-state index contributed by atoms with van der Waals surface area (Å²) in [6.45, 7) is 1.62. The van der Waals surface area contributed by atoms with Crippen LogP contribution < -0.4 is 4.90 Å². The molecule has 0 radical (unpaired) electrons. The fourth-order valence-electron chi connectivity index (χ4n) is 1.34. The van der Waals surface area contributed by atoms with Crippen molar-refractivity contribution in [1.29, 1.82) is 0 Å². The molecule has 18 heavy (non-hydrogen) atoms. The molecule has 0 atom stereocenters. The van der Waals surface area contributed by atoms with Gasteiger partial charge in [-0.2, -0.15) is 0 Å². The fourth-order valence-corrected chi connectivity index (χ4v) is 1.95. The van der Waals surface area contributed by atoms with Gasteiger partial charge in [-0.1, -0.05) is 0 Å². The number of rotatable bonds is 4. The van der Waals surface area contributed by atoms with Gasteiger partial charge in [-0.3, -0.25) is 14.9 Å². The molecule has 0 aliphatic heterocycles. The first-order chi connectivity index (χ1) is 8.38.